The van der Waals surface area contributed by atoms with Gasteiger partial charge in [-0.3, -0.25) is 0 Å². The van der Waals surface area contributed by atoms with Gasteiger partial charge in [-0.15, -0.1) is 0 Å². The maximum Gasteiger partial charge on any atom is 0.202 e. The Morgan fingerprint density at radius 3 is 3.00 bits per heavy atom. The largest absolute Gasteiger partial charge is 0.380 e. The Bertz CT molecular complexity index is 431. The number of benzene rings is 1. The molecule has 0 radical (unpaired) electrons. The van der Waals surface area contributed by atoms with Crippen LogP contribution in [0, 0.1) is 0 Å². The van der Waals surface area contributed by atoms with Crippen molar-refractivity contribution < 1.29 is 4.74 Å². The first-order valence-electron chi connectivity index (χ1n) is 4.96. The minimum Gasteiger partial charge on any atom is -0.380 e. The van der Waals surface area contributed by atoms with Gasteiger partial charge in [-0.2, -0.15) is 4.37 Å². The van der Waals surface area contributed by atoms with Crippen molar-refractivity contribution in [2.75, 3.05) is 12.4 Å². The molecule has 0 aliphatic heterocycles. The van der Waals surface area contributed by atoms with Crippen molar-refractivity contribution in [2.24, 2.45) is 0 Å². The Kier molecular flexibility index (Phi) is 3.85. The van der Waals surface area contributed by atoms with E-state index >= 15 is 0 Å². The molecule has 4 nitrogen and oxygen atoms in total. The molecule has 0 amide bonds. The molecular formula is C11H13N3OS. The Morgan fingerprint density at radius 2 is 2.25 bits per heavy atom. The summed E-state index contributed by atoms with van der Waals surface area (Å²) >= 11 is 1.36. The average Bonchev–Trinajstić information content (AvgIpc) is 2.80. The van der Waals surface area contributed by atoms with E-state index in [4.69, 9.17) is 4.74 Å². The van der Waals surface area contributed by atoms with Crippen LogP contribution in [0.2, 0.25) is 0 Å². The molecule has 0 saturated heterocycles. The van der Waals surface area contributed by atoms with Gasteiger partial charge in [0.05, 0.1) is 6.61 Å². The molecule has 1 N–H and O–H groups in total. The average molecular weight is 235 g/mol. The van der Waals surface area contributed by atoms with Gasteiger partial charge in [0, 0.05) is 25.2 Å². The molecule has 16 heavy (non-hydrogen) atoms. The predicted octanol–water partition coefficient (Wildman–Crippen LogP) is 2.30. The summed E-state index contributed by atoms with van der Waals surface area (Å²) in [5, 5.41) is 4.06. The highest BCUT2D eigenvalue weighted by molar-refractivity contribution is 7.09. The van der Waals surface area contributed by atoms with Crippen molar-refractivity contribution in [2.45, 2.75) is 13.2 Å². The minimum atomic E-state index is 0.645. The summed E-state index contributed by atoms with van der Waals surface area (Å²) in [5.41, 5.74) is 2.39. The van der Waals surface area contributed by atoms with Crippen LogP contribution in [-0.4, -0.2) is 16.5 Å². The van der Waals surface area contributed by atoms with Crippen molar-refractivity contribution in [3.63, 3.8) is 0 Å². The molecular weight excluding hydrogens is 222 g/mol. The van der Waals surface area contributed by atoms with Gasteiger partial charge in [0.15, 0.2) is 0 Å². The van der Waals surface area contributed by atoms with E-state index in [1.807, 2.05) is 6.07 Å². The van der Waals surface area contributed by atoms with Crippen molar-refractivity contribution >= 4 is 16.7 Å². The molecule has 84 valence electrons. The number of hydrogen-bond donors (Lipinski definition) is 1. The maximum absolute atomic E-state index is 5.09. The molecule has 0 saturated carbocycles. The van der Waals surface area contributed by atoms with E-state index in [0.717, 1.165) is 11.7 Å². The zero-order valence-electron chi connectivity index (χ0n) is 9.01. The fourth-order valence-corrected chi connectivity index (χ4v) is 1.85. The lowest BCUT2D eigenvalue weighted by Crippen LogP contribution is -1.99. The first-order valence-corrected chi connectivity index (χ1v) is 5.73. The number of aromatic nitrogens is 2. The summed E-state index contributed by atoms with van der Waals surface area (Å²) in [5.74, 6) is 0. The van der Waals surface area contributed by atoms with Crippen LogP contribution < -0.4 is 5.32 Å². The summed E-state index contributed by atoms with van der Waals surface area (Å²) < 4.78 is 9.02. The molecule has 0 aliphatic carbocycles. The SMILES string of the molecule is COCc1cccc(CNc2ncns2)c1. The van der Waals surface area contributed by atoms with Gasteiger partial charge in [0.2, 0.25) is 5.13 Å². The fraction of sp³-hybridized carbons (Fsp3) is 0.273. The van der Waals surface area contributed by atoms with Gasteiger partial charge in [0.25, 0.3) is 0 Å². The van der Waals surface area contributed by atoms with Crippen LogP contribution >= 0.6 is 11.5 Å². The highest BCUT2D eigenvalue weighted by Gasteiger charge is 1.98. The van der Waals surface area contributed by atoms with E-state index in [-0.39, 0.29) is 0 Å². The Hall–Kier alpha value is -1.46. The molecule has 0 bridgehead atoms. The summed E-state index contributed by atoms with van der Waals surface area (Å²) in [6.07, 6.45) is 1.55. The van der Waals surface area contributed by atoms with Crippen LogP contribution in [0.4, 0.5) is 5.13 Å². The lowest BCUT2D eigenvalue weighted by molar-refractivity contribution is 0.185. The number of rotatable bonds is 5. The minimum absolute atomic E-state index is 0.645. The number of methoxy groups -OCH3 is 1. The van der Waals surface area contributed by atoms with Crippen molar-refractivity contribution in [1.29, 1.82) is 0 Å². The molecule has 0 fully saturated rings. The molecule has 0 spiro atoms. The molecule has 1 aromatic heterocycles. The van der Waals surface area contributed by atoms with E-state index in [2.05, 4.69) is 32.9 Å². The third-order valence-corrected chi connectivity index (χ3v) is 2.73. The van der Waals surface area contributed by atoms with Crippen LogP contribution in [0.25, 0.3) is 0 Å². The van der Waals surface area contributed by atoms with Gasteiger partial charge in [0.1, 0.15) is 6.33 Å². The third-order valence-electron chi connectivity index (χ3n) is 2.11. The molecule has 0 atom stereocenters. The monoisotopic (exact) mass is 235 g/mol. The zero-order valence-corrected chi connectivity index (χ0v) is 9.83. The zero-order chi connectivity index (χ0) is 11.2. The molecule has 5 heteroatoms. The Morgan fingerprint density at radius 1 is 1.38 bits per heavy atom. The molecule has 1 heterocycles. The second-order valence-electron chi connectivity index (χ2n) is 3.35. The summed E-state index contributed by atoms with van der Waals surface area (Å²) in [4.78, 5) is 4.06. The van der Waals surface area contributed by atoms with Gasteiger partial charge < -0.3 is 10.1 Å². The van der Waals surface area contributed by atoms with Crippen molar-refractivity contribution in [3.05, 3.63) is 41.7 Å². The molecule has 0 aliphatic rings. The van der Waals surface area contributed by atoms with Crippen molar-refractivity contribution in [1.82, 2.24) is 9.36 Å². The van der Waals surface area contributed by atoms with Crippen LogP contribution in [0.3, 0.4) is 0 Å². The second kappa shape index (κ2) is 5.58. The maximum atomic E-state index is 5.09. The van der Waals surface area contributed by atoms with E-state index in [1.165, 1.54) is 22.7 Å². The first kappa shape index (κ1) is 11.0. The van der Waals surface area contributed by atoms with Gasteiger partial charge in [-0.05, 0) is 11.1 Å². The lowest BCUT2D eigenvalue weighted by atomic mass is 10.1. The van der Waals surface area contributed by atoms with Crippen LogP contribution in [0.5, 0.6) is 0 Å². The van der Waals surface area contributed by atoms with E-state index in [0.29, 0.717) is 6.61 Å². The summed E-state index contributed by atoms with van der Waals surface area (Å²) in [7, 11) is 1.70. The van der Waals surface area contributed by atoms with Gasteiger partial charge in [-0.1, -0.05) is 24.3 Å². The highest BCUT2D eigenvalue weighted by Crippen LogP contribution is 2.11. The quantitative estimate of drug-likeness (QED) is 0.863. The van der Waals surface area contributed by atoms with Crippen molar-refractivity contribution in [3.8, 4) is 0 Å². The summed E-state index contributed by atoms with van der Waals surface area (Å²) in [6, 6.07) is 8.29. The van der Waals surface area contributed by atoms with Crippen LogP contribution in [-0.2, 0) is 17.9 Å². The summed E-state index contributed by atoms with van der Waals surface area (Å²) in [6.45, 7) is 1.40. The smallest absolute Gasteiger partial charge is 0.202 e. The second-order valence-corrected chi connectivity index (χ2v) is 4.13. The predicted molar refractivity (Wildman–Crippen MR) is 64.4 cm³/mol. The number of nitrogens with one attached hydrogen (secondary N) is 1. The first-order chi connectivity index (χ1) is 7.88. The molecule has 2 rings (SSSR count). The molecule has 1 aromatic carbocycles. The topological polar surface area (TPSA) is 47.0 Å². The number of nitrogens with zero attached hydrogens (tertiary/aromatic N) is 2. The highest BCUT2D eigenvalue weighted by atomic mass is 32.1. The molecule has 0 unspecified atom stereocenters. The number of ether oxygens (including phenoxy) is 1. The fourth-order valence-electron chi connectivity index (χ4n) is 1.42. The molecule has 2 aromatic rings. The third kappa shape index (κ3) is 3.01. The number of hydrogen-bond acceptors (Lipinski definition) is 5. The Labute approximate surface area is 98.5 Å². The lowest BCUT2D eigenvalue weighted by Gasteiger charge is -2.05. The van der Waals surface area contributed by atoms with E-state index < -0.39 is 0 Å². The van der Waals surface area contributed by atoms with Gasteiger partial charge in [-0.25, -0.2) is 4.98 Å². The Balaban J connectivity index is 1.96. The van der Waals surface area contributed by atoms with Crippen LogP contribution in [0.1, 0.15) is 11.1 Å². The van der Waals surface area contributed by atoms with E-state index in [1.54, 1.807) is 13.4 Å². The normalized spacial score (nSPS) is 10.3. The van der Waals surface area contributed by atoms with E-state index in [9.17, 15) is 0 Å². The van der Waals surface area contributed by atoms with Gasteiger partial charge >= 0.3 is 0 Å². The number of anilines is 1. The van der Waals surface area contributed by atoms with Crippen LogP contribution in [0.15, 0.2) is 30.6 Å². The standard InChI is InChI=1S/C11H13N3OS/c1-15-7-10-4-2-3-9(5-10)6-12-11-13-8-14-16-11/h2-5,8H,6-7H2,1H3,(H,12,13,14).